The lowest BCUT2D eigenvalue weighted by Crippen LogP contribution is -2.22. The van der Waals surface area contributed by atoms with E-state index in [-0.39, 0.29) is 11.2 Å². The number of para-hydroxylation sites is 2. The Bertz CT molecular complexity index is 598. The number of anilines is 1. The van der Waals surface area contributed by atoms with Gasteiger partial charge in [-0.2, -0.15) is 0 Å². The van der Waals surface area contributed by atoms with Crippen LogP contribution in [0.25, 0.3) is 0 Å². The van der Waals surface area contributed by atoms with Gasteiger partial charge in [-0.1, -0.05) is 23.9 Å². The molecule has 1 aromatic heterocycles. The highest BCUT2D eigenvalue weighted by Crippen LogP contribution is 2.28. The van der Waals surface area contributed by atoms with Gasteiger partial charge in [0.25, 0.3) is 0 Å². The first-order valence-corrected chi connectivity index (χ1v) is 7.88. The van der Waals surface area contributed by atoms with E-state index in [9.17, 15) is 4.79 Å². The number of hydrogen-bond acceptors (Lipinski definition) is 5. The van der Waals surface area contributed by atoms with Gasteiger partial charge in [0.2, 0.25) is 5.91 Å². The number of carbonyl (C=O) groups is 1. The van der Waals surface area contributed by atoms with Gasteiger partial charge < -0.3 is 10.1 Å². The maximum atomic E-state index is 12.2. The molecule has 106 valence electrons. The van der Waals surface area contributed by atoms with Crippen molar-refractivity contribution in [3.8, 4) is 5.75 Å². The molecule has 2 rings (SSSR count). The van der Waals surface area contributed by atoms with Crippen molar-refractivity contribution in [1.29, 1.82) is 0 Å². The Hall–Kier alpha value is -1.53. The van der Waals surface area contributed by atoms with Crippen LogP contribution in [0.4, 0.5) is 5.69 Å². The SMILES string of the molecule is COc1ccccc1NC(=O)[C@@H](C)Sc1nc(C)cs1. The van der Waals surface area contributed by atoms with Crippen LogP contribution >= 0.6 is 23.1 Å². The Balaban J connectivity index is 2.00. The molecule has 0 saturated carbocycles. The second kappa shape index (κ2) is 6.76. The Kier molecular flexibility index (Phi) is 5.03. The second-order valence-corrected chi connectivity index (χ2v) is 6.65. The molecule has 0 saturated heterocycles. The summed E-state index contributed by atoms with van der Waals surface area (Å²) in [5.41, 5.74) is 1.66. The van der Waals surface area contributed by atoms with Crippen LogP contribution in [0, 0.1) is 6.92 Å². The molecule has 1 N–H and O–H groups in total. The van der Waals surface area contributed by atoms with Gasteiger partial charge in [0, 0.05) is 11.1 Å². The molecule has 0 fully saturated rings. The van der Waals surface area contributed by atoms with Crippen LogP contribution in [-0.4, -0.2) is 23.3 Å². The van der Waals surface area contributed by atoms with Crippen molar-refractivity contribution in [2.45, 2.75) is 23.4 Å². The first kappa shape index (κ1) is 14.9. The van der Waals surface area contributed by atoms with E-state index < -0.39 is 0 Å². The molecule has 0 spiro atoms. The lowest BCUT2D eigenvalue weighted by Gasteiger charge is -2.13. The number of hydrogen-bond donors (Lipinski definition) is 1. The molecule has 1 heterocycles. The number of methoxy groups -OCH3 is 1. The van der Waals surface area contributed by atoms with Crippen molar-refractivity contribution in [2.75, 3.05) is 12.4 Å². The van der Waals surface area contributed by atoms with Crippen molar-refractivity contribution in [3.63, 3.8) is 0 Å². The minimum absolute atomic E-state index is 0.0626. The van der Waals surface area contributed by atoms with Gasteiger partial charge in [-0.25, -0.2) is 4.98 Å². The lowest BCUT2D eigenvalue weighted by molar-refractivity contribution is -0.115. The third-order valence-corrected chi connectivity index (χ3v) is 4.80. The Morgan fingerprint density at radius 3 is 2.85 bits per heavy atom. The Labute approximate surface area is 126 Å². The van der Waals surface area contributed by atoms with Crippen molar-refractivity contribution in [1.82, 2.24) is 4.98 Å². The smallest absolute Gasteiger partial charge is 0.237 e. The summed E-state index contributed by atoms with van der Waals surface area (Å²) in [5, 5.41) is 4.64. The van der Waals surface area contributed by atoms with Crippen molar-refractivity contribution in [3.05, 3.63) is 35.3 Å². The molecule has 1 aromatic carbocycles. The van der Waals surface area contributed by atoms with Crippen LogP contribution in [0.2, 0.25) is 0 Å². The number of aryl methyl sites for hydroxylation is 1. The molecule has 1 amide bonds. The van der Waals surface area contributed by atoms with Gasteiger partial charge >= 0.3 is 0 Å². The normalized spacial score (nSPS) is 11.9. The van der Waals surface area contributed by atoms with Gasteiger partial charge in [0.05, 0.1) is 18.0 Å². The molecule has 6 heteroatoms. The Morgan fingerprint density at radius 1 is 1.45 bits per heavy atom. The quantitative estimate of drug-likeness (QED) is 0.858. The number of thioether (sulfide) groups is 1. The number of thiazole rings is 1. The van der Waals surface area contributed by atoms with Gasteiger partial charge in [-0.3, -0.25) is 4.79 Å². The van der Waals surface area contributed by atoms with Crippen LogP contribution in [0.3, 0.4) is 0 Å². The molecule has 4 nitrogen and oxygen atoms in total. The van der Waals surface area contributed by atoms with Crippen LogP contribution < -0.4 is 10.1 Å². The zero-order valence-corrected chi connectivity index (χ0v) is 13.2. The molecule has 0 aliphatic carbocycles. The molecular weight excluding hydrogens is 292 g/mol. The zero-order valence-electron chi connectivity index (χ0n) is 11.5. The van der Waals surface area contributed by atoms with E-state index in [2.05, 4.69) is 10.3 Å². The highest BCUT2D eigenvalue weighted by Gasteiger charge is 2.17. The van der Waals surface area contributed by atoms with Crippen LogP contribution in [0.1, 0.15) is 12.6 Å². The largest absolute Gasteiger partial charge is 0.495 e. The molecule has 1 atom stereocenters. The van der Waals surface area contributed by atoms with Gasteiger partial charge in [0.15, 0.2) is 4.34 Å². The highest BCUT2D eigenvalue weighted by atomic mass is 32.2. The number of nitrogens with zero attached hydrogens (tertiary/aromatic N) is 1. The van der Waals surface area contributed by atoms with Crippen LogP contribution in [0.5, 0.6) is 5.75 Å². The van der Waals surface area contributed by atoms with E-state index in [1.165, 1.54) is 11.8 Å². The average molecular weight is 308 g/mol. The maximum absolute atomic E-state index is 12.2. The van der Waals surface area contributed by atoms with Crippen LogP contribution in [0.15, 0.2) is 34.0 Å². The fourth-order valence-electron chi connectivity index (χ4n) is 1.57. The summed E-state index contributed by atoms with van der Waals surface area (Å²) in [7, 11) is 1.58. The number of carbonyl (C=O) groups excluding carboxylic acids is 1. The molecular formula is C14H16N2O2S2. The third kappa shape index (κ3) is 3.74. The summed E-state index contributed by atoms with van der Waals surface area (Å²) in [6.45, 7) is 3.81. The first-order valence-electron chi connectivity index (χ1n) is 6.13. The predicted octanol–water partition coefficient (Wildman–Crippen LogP) is 3.58. The minimum atomic E-state index is -0.217. The Morgan fingerprint density at radius 2 is 2.20 bits per heavy atom. The summed E-state index contributed by atoms with van der Waals surface area (Å²) in [4.78, 5) is 16.5. The number of aromatic nitrogens is 1. The minimum Gasteiger partial charge on any atom is -0.495 e. The summed E-state index contributed by atoms with van der Waals surface area (Å²) < 4.78 is 6.12. The topological polar surface area (TPSA) is 51.2 Å². The average Bonchev–Trinajstić information content (AvgIpc) is 2.84. The van der Waals surface area contributed by atoms with E-state index in [0.717, 1.165) is 10.0 Å². The maximum Gasteiger partial charge on any atom is 0.237 e. The second-order valence-electron chi connectivity index (χ2n) is 4.20. The molecule has 0 bridgehead atoms. The predicted molar refractivity (Wildman–Crippen MR) is 83.8 cm³/mol. The summed E-state index contributed by atoms with van der Waals surface area (Å²) in [5.74, 6) is 0.593. The fourth-order valence-corrected chi connectivity index (χ4v) is 3.56. The first-order chi connectivity index (χ1) is 9.60. The number of benzene rings is 1. The monoisotopic (exact) mass is 308 g/mol. The van der Waals surface area contributed by atoms with E-state index in [1.807, 2.05) is 43.5 Å². The molecule has 0 aliphatic heterocycles. The number of amides is 1. The summed E-state index contributed by atoms with van der Waals surface area (Å²) in [6, 6.07) is 7.37. The number of ether oxygens (including phenoxy) is 1. The molecule has 20 heavy (non-hydrogen) atoms. The molecule has 0 radical (unpaired) electrons. The summed E-state index contributed by atoms with van der Waals surface area (Å²) in [6.07, 6.45) is 0. The van der Waals surface area contributed by atoms with Gasteiger partial charge in [-0.05, 0) is 26.0 Å². The summed E-state index contributed by atoms with van der Waals surface area (Å²) >= 11 is 3.02. The highest BCUT2D eigenvalue weighted by molar-refractivity contribution is 8.02. The van der Waals surface area contributed by atoms with E-state index >= 15 is 0 Å². The van der Waals surface area contributed by atoms with Gasteiger partial charge in [-0.15, -0.1) is 11.3 Å². The molecule has 0 unspecified atom stereocenters. The zero-order chi connectivity index (χ0) is 14.5. The lowest BCUT2D eigenvalue weighted by atomic mass is 10.3. The van der Waals surface area contributed by atoms with Crippen molar-refractivity contribution >= 4 is 34.7 Å². The molecule has 2 aromatic rings. The fraction of sp³-hybridized carbons (Fsp3) is 0.286. The van der Waals surface area contributed by atoms with Crippen LogP contribution in [-0.2, 0) is 4.79 Å². The van der Waals surface area contributed by atoms with Crippen molar-refractivity contribution < 1.29 is 9.53 Å². The van der Waals surface area contributed by atoms with E-state index in [0.29, 0.717) is 11.4 Å². The third-order valence-electron chi connectivity index (χ3n) is 2.61. The number of rotatable bonds is 5. The number of nitrogens with one attached hydrogen (secondary N) is 1. The van der Waals surface area contributed by atoms with E-state index in [1.54, 1.807) is 18.4 Å². The molecule has 0 aliphatic rings. The van der Waals surface area contributed by atoms with Crippen molar-refractivity contribution in [2.24, 2.45) is 0 Å². The van der Waals surface area contributed by atoms with E-state index in [4.69, 9.17) is 4.74 Å². The van der Waals surface area contributed by atoms with Gasteiger partial charge in [0.1, 0.15) is 5.75 Å². The standard InChI is InChI=1S/C14H16N2O2S2/c1-9-8-19-14(15-9)20-10(2)13(17)16-11-6-4-5-7-12(11)18-3/h4-8,10H,1-3H3,(H,16,17)/t10-/m1/s1.